The minimum Gasteiger partial charge on any atom is -0.334 e. The van der Waals surface area contributed by atoms with Crippen LogP contribution in [0.3, 0.4) is 0 Å². The van der Waals surface area contributed by atoms with Crippen molar-refractivity contribution >= 4 is 29.0 Å². The van der Waals surface area contributed by atoms with Gasteiger partial charge in [-0.05, 0) is 42.7 Å². The molecule has 1 heterocycles. The molecule has 1 aliphatic rings. The first-order chi connectivity index (χ1) is 14.6. The van der Waals surface area contributed by atoms with Gasteiger partial charge in [0.05, 0.1) is 0 Å². The van der Waals surface area contributed by atoms with Gasteiger partial charge in [-0.15, -0.1) is 11.3 Å². The third-order valence-electron chi connectivity index (χ3n) is 5.36. The van der Waals surface area contributed by atoms with Gasteiger partial charge in [0.2, 0.25) is 5.91 Å². The number of urea groups is 1. The van der Waals surface area contributed by atoms with Crippen molar-refractivity contribution in [2.75, 3.05) is 5.32 Å². The van der Waals surface area contributed by atoms with Crippen LogP contribution < -0.4 is 16.0 Å². The van der Waals surface area contributed by atoms with Crippen molar-refractivity contribution in [2.24, 2.45) is 0 Å². The minimum atomic E-state index is -0.880. The molecule has 1 fully saturated rings. The second kappa shape index (κ2) is 9.09. The van der Waals surface area contributed by atoms with Gasteiger partial charge in [-0.25, -0.2) is 9.78 Å². The SMILES string of the molecule is O=C(NCc1ccccc1)NC1(C(=O)Nc2ccc(-c3nccs3)cc2)CCCC1. The number of hydrogen-bond donors (Lipinski definition) is 3. The highest BCUT2D eigenvalue weighted by Crippen LogP contribution is 2.31. The van der Waals surface area contributed by atoms with E-state index in [0.717, 1.165) is 29.0 Å². The highest BCUT2D eigenvalue weighted by atomic mass is 32.1. The van der Waals surface area contributed by atoms with Crippen molar-refractivity contribution in [3.63, 3.8) is 0 Å². The monoisotopic (exact) mass is 420 g/mol. The van der Waals surface area contributed by atoms with Crippen molar-refractivity contribution in [3.8, 4) is 10.6 Å². The number of benzene rings is 2. The molecule has 0 unspecified atom stereocenters. The van der Waals surface area contributed by atoms with Crippen LogP contribution in [0.1, 0.15) is 31.2 Å². The summed E-state index contributed by atoms with van der Waals surface area (Å²) in [5.74, 6) is -0.170. The third kappa shape index (κ3) is 4.68. The lowest BCUT2D eigenvalue weighted by Gasteiger charge is -2.29. The van der Waals surface area contributed by atoms with E-state index in [1.807, 2.05) is 60.0 Å². The Morgan fingerprint density at radius 1 is 1.00 bits per heavy atom. The van der Waals surface area contributed by atoms with Gasteiger partial charge in [-0.2, -0.15) is 0 Å². The molecule has 7 heteroatoms. The zero-order valence-corrected chi connectivity index (χ0v) is 17.4. The number of aromatic nitrogens is 1. The van der Waals surface area contributed by atoms with E-state index >= 15 is 0 Å². The lowest BCUT2D eigenvalue weighted by Crippen LogP contribution is -2.57. The van der Waals surface area contributed by atoms with E-state index < -0.39 is 5.54 Å². The van der Waals surface area contributed by atoms with Crippen LogP contribution in [-0.4, -0.2) is 22.5 Å². The molecule has 1 aliphatic carbocycles. The molecule has 1 aromatic heterocycles. The fourth-order valence-corrected chi connectivity index (χ4v) is 4.38. The van der Waals surface area contributed by atoms with Gasteiger partial charge in [-0.1, -0.05) is 43.2 Å². The molecule has 1 saturated carbocycles. The smallest absolute Gasteiger partial charge is 0.315 e. The topological polar surface area (TPSA) is 83.1 Å². The fraction of sp³-hybridized carbons (Fsp3) is 0.261. The average Bonchev–Trinajstić information content (AvgIpc) is 3.47. The van der Waals surface area contributed by atoms with Gasteiger partial charge in [-0.3, -0.25) is 4.79 Å². The number of anilines is 1. The summed E-state index contributed by atoms with van der Waals surface area (Å²) in [6.45, 7) is 0.419. The molecule has 3 amide bonds. The summed E-state index contributed by atoms with van der Waals surface area (Å²) in [5, 5.41) is 11.7. The second-order valence-electron chi connectivity index (χ2n) is 7.45. The Hall–Kier alpha value is -3.19. The predicted octanol–water partition coefficient (Wildman–Crippen LogP) is 4.56. The van der Waals surface area contributed by atoms with Crippen molar-refractivity contribution < 1.29 is 9.59 Å². The fourth-order valence-electron chi connectivity index (χ4n) is 3.74. The van der Waals surface area contributed by atoms with Crippen LogP contribution in [0.15, 0.2) is 66.2 Å². The Labute approximate surface area is 179 Å². The number of nitrogens with one attached hydrogen (secondary N) is 3. The summed E-state index contributed by atoms with van der Waals surface area (Å²) in [6, 6.07) is 17.0. The number of carbonyl (C=O) groups is 2. The van der Waals surface area contributed by atoms with E-state index in [9.17, 15) is 9.59 Å². The third-order valence-corrected chi connectivity index (χ3v) is 6.18. The van der Waals surface area contributed by atoms with Crippen molar-refractivity contribution in [3.05, 3.63) is 71.7 Å². The van der Waals surface area contributed by atoms with Gasteiger partial charge < -0.3 is 16.0 Å². The minimum absolute atomic E-state index is 0.170. The van der Waals surface area contributed by atoms with E-state index in [1.165, 1.54) is 0 Å². The predicted molar refractivity (Wildman–Crippen MR) is 119 cm³/mol. The maximum absolute atomic E-state index is 13.1. The molecule has 0 bridgehead atoms. The maximum Gasteiger partial charge on any atom is 0.315 e. The normalized spacial score (nSPS) is 14.8. The molecule has 3 N–H and O–H groups in total. The Morgan fingerprint density at radius 3 is 2.40 bits per heavy atom. The van der Waals surface area contributed by atoms with Gasteiger partial charge in [0.1, 0.15) is 10.5 Å². The van der Waals surface area contributed by atoms with Gasteiger partial charge in [0.25, 0.3) is 0 Å². The Kier molecular flexibility index (Phi) is 6.09. The molecule has 6 nitrogen and oxygen atoms in total. The quantitative estimate of drug-likeness (QED) is 0.547. The highest BCUT2D eigenvalue weighted by Gasteiger charge is 2.42. The summed E-state index contributed by atoms with van der Waals surface area (Å²) >= 11 is 1.57. The summed E-state index contributed by atoms with van der Waals surface area (Å²) in [6.07, 6.45) is 4.86. The molecule has 4 rings (SSSR count). The Bertz CT molecular complexity index is 982. The summed E-state index contributed by atoms with van der Waals surface area (Å²) in [7, 11) is 0. The van der Waals surface area contributed by atoms with Crippen molar-refractivity contribution in [2.45, 2.75) is 37.8 Å². The maximum atomic E-state index is 13.1. The van der Waals surface area contributed by atoms with E-state index in [0.29, 0.717) is 25.1 Å². The average molecular weight is 421 g/mol. The summed E-state index contributed by atoms with van der Waals surface area (Å²) < 4.78 is 0. The standard InChI is InChI=1S/C23H24N4O2S/c28-21(26-19-10-8-18(9-11-19)20-24-14-15-30-20)23(12-4-5-13-23)27-22(29)25-16-17-6-2-1-3-7-17/h1-3,6-11,14-15H,4-5,12-13,16H2,(H,26,28)(H2,25,27,29). The molecule has 0 saturated heterocycles. The Morgan fingerprint density at radius 2 is 1.73 bits per heavy atom. The molecular weight excluding hydrogens is 396 g/mol. The molecule has 0 atom stereocenters. The lowest BCUT2D eigenvalue weighted by atomic mass is 9.96. The molecule has 2 aromatic carbocycles. The van der Waals surface area contributed by atoms with Gasteiger partial charge in [0.15, 0.2) is 0 Å². The number of amides is 3. The van der Waals surface area contributed by atoms with E-state index in [4.69, 9.17) is 0 Å². The van der Waals surface area contributed by atoms with Crippen LogP contribution in [0, 0.1) is 0 Å². The first-order valence-electron chi connectivity index (χ1n) is 10.1. The van der Waals surface area contributed by atoms with Crippen LogP contribution in [0.2, 0.25) is 0 Å². The van der Waals surface area contributed by atoms with Crippen LogP contribution in [0.4, 0.5) is 10.5 Å². The van der Waals surface area contributed by atoms with E-state index in [1.54, 1.807) is 17.5 Å². The number of carbonyl (C=O) groups excluding carboxylic acids is 2. The van der Waals surface area contributed by atoms with Crippen LogP contribution in [0.5, 0.6) is 0 Å². The molecule has 3 aromatic rings. The first kappa shape index (κ1) is 20.1. The molecule has 154 valence electrons. The van der Waals surface area contributed by atoms with Crippen LogP contribution in [-0.2, 0) is 11.3 Å². The van der Waals surface area contributed by atoms with E-state index in [2.05, 4.69) is 20.9 Å². The number of hydrogen-bond acceptors (Lipinski definition) is 4. The van der Waals surface area contributed by atoms with Gasteiger partial charge in [0, 0.05) is 29.4 Å². The molecule has 0 spiro atoms. The Balaban J connectivity index is 1.39. The molecule has 0 radical (unpaired) electrons. The number of nitrogens with zero attached hydrogens (tertiary/aromatic N) is 1. The first-order valence-corrected chi connectivity index (χ1v) is 10.9. The second-order valence-corrected chi connectivity index (χ2v) is 8.35. The number of rotatable bonds is 6. The molecular formula is C23H24N4O2S. The largest absolute Gasteiger partial charge is 0.334 e. The zero-order valence-electron chi connectivity index (χ0n) is 16.6. The van der Waals surface area contributed by atoms with Crippen LogP contribution in [0.25, 0.3) is 10.6 Å². The lowest BCUT2D eigenvalue weighted by molar-refractivity contribution is -0.121. The molecule has 30 heavy (non-hydrogen) atoms. The van der Waals surface area contributed by atoms with Gasteiger partial charge >= 0.3 is 6.03 Å². The highest BCUT2D eigenvalue weighted by molar-refractivity contribution is 7.13. The summed E-state index contributed by atoms with van der Waals surface area (Å²) in [5.41, 5.74) is 1.85. The number of thiazole rings is 1. The van der Waals surface area contributed by atoms with Crippen molar-refractivity contribution in [1.82, 2.24) is 15.6 Å². The van der Waals surface area contributed by atoms with Crippen LogP contribution >= 0.6 is 11.3 Å². The van der Waals surface area contributed by atoms with Crippen molar-refractivity contribution in [1.29, 1.82) is 0 Å². The summed E-state index contributed by atoms with van der Waals surface area (Å²) in [4.78, 5) is 29.9. The zero-order chi connectivity index (χ0) is 20.8. The van der Waals surface area contributed by atoms with E-state index in [-0.39, 0.29) is 11.9 Å². The molecule has 0 aliphatic heterocycles.